The number of hydrogen-bond acceptors (Lipinski definition) is 4. The maximum absolute atomic E-state index is 13.2. The van der Waals surface area contributed by atoms with Gasteiger partial charge in [0.1, 0.15) is 0 Å². The fourth-order valence-electron chi connectivity index (χ4n) is 4.34. The van der Waals surface area contributed by atoms with Gasteiger partial charge < -0.3 is 9.88 Å². The summed E-state index contributed by atoms with van der Waals surface area (Å²) < 4.78 is 1.67. The Balaban J connectivity index is 1.36. The Morgan fingerprint density at radius 3 is 2.47 bits per heavy atom. The van der Waals surface area contributed by atoms with E-state index in [9.17, 15) is 9.59 Å². The van der Waals surface area contributed by atoms with Crippen LogP contribution in [0.5, 0.6) is 0 Å². The average molecular weight is 491 g/mol. The molecule has 0 aliphatic carbocycles. The van der Waals surface area contributed by atoms with Crippen LogP contribution in [-0.2, 0) is 6.54 Å². The molecule has 5 rings (SSSR count). The summed E-state index contributed by atoms with van der Waals surface area (Å²) in [6, 6.07) is 22.4. The molecule has 172 valence electrons. The fourth-order valence-corrected chi connectivity index (χ4v) is 4.81. The highest BCUT2D eigenvalue weighted by Crippen LogP contribution is 2.18. The first kappa shape index (κ1) is 22.5. The van der Waals surface area contributed by atoms with Gasteiger partial charge in [-0.1, -0.05) is 48.0 Å². The number of aromatic nitrogens is 2. The van der Waals surface area contributed by atoms with Crippen LogP contribution < -0.4 is 5.56 Å². The van der Waals surface area contributed by atoms with E-state index >= 15 is 0 Å². The summed E-state index contributed by atoms with van der Waals surface area (Å²) in [7, 11) is 0. The number of aromatic amines is 1. The number of piperazine rings is 1. The smallest absolute Gasteiger partial charge is 0.266 e. The summed E-state index contributed by atoms with van der Waals surface area (Å²) in [5.41, 5.74) is 2.69. The molecule has 1 aliphatic rings. The first-order chi connectivity index (χ1) is 16.5. The third-order valence-corrected chi connectivity index (χ3v) is 6.64. The van der Waals surface area contributed by atoms with Crippen molar-refractivity contribution in [1.82, 2.24) is 19.4 Å². The second-order valence-corrected chi connectivity index (χ2v) is 9.19. The van der Waals surface area contributed by atoms with Crippen LogP contribution in [0.25, 0.3) is 16.6 Å². The number of amides is 1. The van der Waals surface area contributed by atoms with Gasteiger partial charge in [0.25, 0.3) is 11.5 Å². The van der Waals surface area contributed by atoms with E-state index in [1.807, 2.05) is 23.1 Å². The van der Waals surface area contributed by atoms with Crippen molar-refractivity contribution in [1.29, 1.82) is 0 Å². The van der Waals surface area contributed by atoms with E-state index in [4.69, 9.17) is 23.8 Å². The molecule has 0 unspecified atom stereocenters. The van der Waals surface area contributed by atoms with E-state index in [0.717, 1.165) is 19.6 Å². The Labute approximate surface area is 207 Å². The zero-order valence-corrected chi connectivity index (χ0v) is 20.0. The second-order valence-electron chi connectivity index (χ2n) is 8.36. The standard InChI is InChI=1S/C26H23ClN4O2S/c27-20-9-10-22-23(16-20)28-26(34)31(25(22)33)21-8-4-7-19(15-21)24(32)30-13-11-29(12-14-30)17-18-5-2-1-3-6-18/h1-10,15-16H,11-14,17H2,(H,28,34). The monoisotopic (exact) mass is 490 g/mol. The summed E-state index contributed by atoms with van der Waals surface area (Å²) in [6.45, 7) is 3.84. The van der Waals surface area contributed by atoms with Gasteiger partial charge in [0.2, 0.25) is 0 Å². The quantitative estimate of drug-likeness (QED) is 0.423. The van der Waals surface area contributed by atoms with Crippen molar-refractivity contribution in [2.45, 2.75) is 6.54 Å². The van der Waals surface area contributed by atoms with Crippen molar-refractivity contribution in [3.63, 3.8) is 0 Å². The van der Waals surface area contributed by atoms with Gasteiger partial charge in [0.15, 0.2) is 4.77 Å². The Hall–Kier alpha value is -3.26. The number of halogens is 1. The summed E-state index contributed by atoms with van der Waals surface area (Å²) in [6.07, 6.45) is 0. The molecule has 0 bridgehead atoms. The van der Waals surface area contributed by atoms with Crippen LogP contribution in [0.1, 0.15) is 15.9 Å². The summed E-state index contributed by atoms with van der Waals surface area (Å²) >= 11 is 11.5. The van der Waals surface area contributed by atoms with Crippen LogP contribution in [-0.4, -0.2) is 51.4 Å². The van der Waals surface area contributed by atoms with Crippen molar-refractivity contribution in [3.05, 3.63) is 104 Å². The second kappa shape index (κ2) is 9.54. The molecule has 4 aromatic rings. The van der Waals surface area contributed by atoms with E-state index in [1.165, 1.54) is 10.1 Å². The maximum atomic E-state index is 13.2. The Morgan fingerprint density at radius 1 is 0.941 bits per heavy atom. The van der Waals surface area contributed by atoms with Gasteiger partial charge in [-0.25, -0.2) is 0 Å². The van der Waals surface area contributed by atoms with E-state index < -0.39 is 0 Å². The molecular formula is C26H23ClN4O2S. The lowest BCUT2D eigenvalue weighted by atomic mass is 10.1. The first-order valence-electron chi connectivity index (χ1n) is 11.1. The summed E-state index contributed by atoms with van der Waals surface area (Å²) in [5.74, 6) is -0.0447. The molecule has 0 atom stereocenters. The zero-order valence-electron chi connectivity index (χ0n) is 18.4. The molecule has 1 saturated heterocycles. The molecule has 1 aliphatic heterocycles. The highest BCUT2D eigenvalue weighted by molar-refractivity contribution is 7.71. The molecule has 2 heterocycles. The van der Waals surface area contributed by atoms with Crippen molar-refractivity contribution >= 4 is 40.6 Å². The topological polar surface area (TPSA) is 61.3 Å². The summed E-state index contributed by atoms with van der Waals surface area (Å²) in [4.78, 5) is 33.7. The lowest BCUT2D eigenvalue weighted by Crippen LogP contribution is -2.48. The van der Waals surface area contributed by atoms with Crippen LogP contribution in [0.3, 0.4) is 0 Å². The van der Waals surface area contributed by atoms with Gasteiger partial charge in [-0.15, -0.1) is 0 Å². The molecule has 1 amide bonds. The molecule has 0 spiro atoms. The van der Waals surface area contributed by atoms with Crippen molar-refractivity contribution in [2.24, 2.45) is 0 Å². The van der Waals surface area contributed by atoms with Crippen LogP contribution in [0.2, 0.25) is 5.02 Å². The molecule has 34 heavy (non-hydrogen) atoms. The predicted molar refractivity (Wildman–Crippen MR) is 137 cm³/mol. The Bertz CT molecular complexity index is 1470. The van der Waals surface area contributed by atoms with Gasteiger partial charge >= 0.3 is 0 Å². The number of benzene rings is 3. The van der Waals surface area contributed by atoms with Crippen molar-refractivity contribution < 1.29 is 4.79 Å². The molecule has 1 aromatic heterocycles. The predicted octanol–water partition coefficient (Wildman–Crippen LogP) is 4.66. The van der Waals surface area contributed by atoms with E-state index in [1.54, 1.807) is 42.5 Å². The minimum absolute atomic E-state index is 0.0447. The SMILES string of the molecule is O=C(c1cccc(-n2c(=S)[nH]c3cc(Cl)ccc3c2=O)c1)N1CCN(Cc2ccccc2)CC1. The van der Waals surface area contributed by atoms with Crippen LogP contribution >= 0.6 is 23.8 Å². The van der Waals surface area contributed by atoms with Crippen molar-refractivity contribution in [2.75, 3.05) is 26.2 Å². The molecule has 6 nitrogen and oxygen atoms in total. The Kier molecular flexibility index (Phi) is 6.32. The Morgan fingerprint density at radius 2 is 1.71 bits per heavy atom. The van der Waals surface area contributed by atoms with Gasteiger partial charge in [-0.05, 0) is 54.2 Å². The number of fused-ring (bicyclic) bond motifs is 1. The molecule has 1 N–H and O–H groups in total. The lowest BCUT2D eigenvalue weighted by molar-refractivity contribution is 0.0628. The molecule has 3 aromatic carbocycles. The minimum Gasteiger partial charge on any atom is -0.336 e. The largest absolute Gasteiger partial charge is 0.336 e. The molecule has 0 radical (unpaired) electrons. The van der Waals surface area contributed by atoms with E-state index in [-0.39, 0.29) is 16.2 Å². The molecule has 8 heteroatoms. The van der Waals surface area contributed by atoms with Gasteiger partial charge in [0.05, 0.1) is 16.6 Å². The maximum Gasteiger partial charge on any atom is 0.266 e. The minimum atomic E-state index is -0.255. The highest BCUT2D eigenvalue weighted by atomic mass is 35.5. The number of nitrogens with zero attached hydrogens (tertiary/aromatic N) is 3. The van der Waals surface area contributed by atoms with Gasteiger partial charge in [-0.3, -0.25) is 19.1 Å². The van der Waals surface area contributed by atoms with Crippen LogP contribution in [0, 0.1) is 4.77 Å². The van der Waals surface area contributed by atoms with Gasteiger partial charge in [0, 0.05) is 43.3 Å². The van der Waals surface area contributed by atoms with Crippen LogP contribution in [0.4, 0.5) is 0 Å². The molecule has 1 fully saturated rings. The third-order valence-electron chi connectivity index (χ3n) is 6.12. The third kappa shape index (κ3) is 4.55. The van der Waals surface area contributed by atoms with Crippen LogP contribution in [0.15, 0.2) is 77.6 Å². The zero-order chi connectivity index (χ0) is 23.7. The number of H-pyrrole nitrogens is 1. The first-order valence-corrected chi connectivity index (χ1v) is 11.9. The fraction of sp³-hybridized carbons (Fsp3) is 0.192. The average Bonchev–Trinajstić information content (AvgIpc) is 2.85. The molecular weight excluding hydrogens is 468 g/mol. The van der Waals surface area contributed by atoms with Gasteiger partial charge in [-0.2, -0.15) is 0 Å². The number of hydrogen-bond donors (Lipinski definition) is 1. The summed E-state index contributed by atoms with van der Waals surface area (Å²) in [5, 5.41) is 0.996. The number of carbonyl (C=O) groups excluding carboxylic acids is 1. The number of carbonyl (C=O) groups is 1. The van der Waals surface area contributed by atoms with Crippen molar-refractivity contribution in [3.8, 4) is 5.69 Å². The normalized spacial score (nSPS) is 14.4. The number of nitrogens with one attached hydrogen (secondary N) is 1. The lowest BCUT2D eigenvalue weighted by Gasteiger charge is -2.34. The highest BCUT2D eigenvalue weighted by Gasteiger charge is 2.22. The number of rotatable bonds is 4. The van der Waals surface area contributed by atoms with E-state index in [2.05, 4.69) is 22.0 Å². The van der Waals surface area contributed by atoms with E-state index in [0.29, 0.717) is 40.3 Å². The molecule has 0 saturated carbocycles.